The van der Waals surface area contributed by atoms with Crippen molar-refractivity contribution >= 4 is 26.8 Å². The Morgan fingerprint density at radius 3 is 2.54 bits per heavy atom. The van der Waals surface area contributed by atoms with E-state index >= 15 is 0 Å². The van der Waals surface area contributed by atoms with Gasteiger partial charge in [0.05, 0.1) is 18.3 Å². The second kappa shape index (κ2) is 9.87. The maximum atomic E-state index is 13.3. The van der Waals surface area contributed by atoms with Crippen LogP contribution in [0.25, 0.3) is 22.2 Å². The van der Waals surface area contributed by atoms with Crippen molar-refractivity contribution in [1.29, 1.82) is 0 Å². The fourth-order valence-corrected chi connectivity index (χ4v) is 5.52. The fraction of sp³-hybridized carbons (Fsp3) is 0.259. The Bertz CT molecular complexity index is 1570. The van der Waals surface area contributed by atoms with E-state index in [0.29, 0.717) is 37.3 Å². The molecular formula is C27H26N4O5S. The van der Waals surface area contributed by atoms with Gasteiger partial charge in [0.25, 0.3) is 15.9 Å². The molecule has 190 valence electrons. The molecular weight excluding hydrogens is 492 g/mol. The van der Waals surface area contributed by atoms with Crippen LogP contribution in [0.15, 0.2) is 71.9 Å². The maximum Gasteiger partial charge on any atom is 0.285 e. The van der Waals surface area contributed by atoms with Gasteiger partial charge >= 0.3 is 0 Å². The summed E-state index contributed by atoms with van der Waals surface area (Å²) in [6.45, 7) is 3.16. The number of sulfonamides is 1. The van der Waals surface area contributed by atoms with Gasteiger partial charge in [0.15, 0.2) is 5.75 Å². The SMILES string of the molecule is COc1ccc(C2(C)CCOCC2)nc1S(=O)(=O)NC(=O)c1ccc2c(-c3ccccn3)cccc2n1. The van der Waals surface area contributed by atoms with Crippen LogP contribution in [0.4, 0.5) is 0 Å². The average Bonchev–Trinajstić information content (AvgIpc) is 2.92. The number of fused-ring (bicyclic) bond motifs is 1. The van der Waals surface area contributed by atoms with Crippen molar-refractivity contribution in [3.63, 3.8) is 0 Å². The molecule has 1 fully saturated rings. The molecule has 0 spiro atoms. The minimum Gasteiger partial charge on any atom is -0.494 e. The molecule has 9 nitrogen and oxygen atoms in total. The molecule has 1 amide bonds. The molecule has 4 aromatic rings. The molecule has 1 saturated heterocycles. The first-order valence-electron chi connectivity index (χ1n) is 11.8. The molecule has 37 heavy (non-hydrogen) atoms. The zero-order valence-corrected chi connectivity index (χ0v) is 21.3. The first-order chi connectivity index (χ1) is 17.8. The number of hydrogen-bond donors (Lipinski definition) is 1. The Hall–Kier alpha value is -3.89. The van der Waals surface area contributed by atoms with Gasteiger partial charge in [-0.3, -0.25) is 9.78 Å². The van der Waals surface area contributed by atoms with E-state index in [-0.39, 0.29) is 21.9 Å². The molecule has 0 aliphatic carbocycles. The van der Waals surface area contributed by atoms with E-state index in [2.05, 4.69) is 19.7 Å². The van der Waals surface area contributed by atoms with E-state index < -0.39 is 15.9 Å². The van der Waals surface area contributed by atoms with Crippen LogP contribution in [0.1, 0.15) is 35.9 Å². The molecule has 1 aromatic carbocycles. The Morgan fingerprint density at radius 2 is 1.81 bits per heavy atom. The van der Waals surface area contributed by atoms with Crippen molar-refractivity contribution < 1.29 is 22.7 Å². The average molecular weight is 519 g/mol. The number of carbonyl (C=O) groups excluding carboxylic acids is 1. The minimum absolute atomic E-state index is 0.0410. The number of ether oxygens (including phenoxy) is 2. The molecule has 0 radical (unpaired) electrons. The Morgan fingerprint density at radius 1 is 1.00 bits per heavy atom. The summed E-state index contributed by atoms with van der Waals surface area (Å²) < 4.78 is 39.4. The number of aromatic nitrogens is 3. The van der Waals surface area contributed by atoms with E-state index in [0.717, 1.165) is 16.6 Å². The summed E-state index contributed by atoms with van der Waals surface area (Å²) in [6.07, 6.45) is 3.12. The number of pyridine rings is 3. The van der Waals surface area contributed by atoms with E-state index in [1.165, 1.54) is 13.2 Å². The lowest BCUT2D eigenvalue weighted by atomic mass is 9.79. The molecule has 4 heterocycles. The second-order valence-corrected chi connectivity index (χ2v) is 10.7. The van der Waals surface area contributed by atoms with Crippen molar-refractivity contribution in [3.8, 4) is 17.0 Å². The first kappa shape index (κ1) is 24.8. The summed E-state index contributed by atoms with van der Waals surface area (Å²) in [5, 5.41) is 0.452. The third-order valence-electron chi connectivity index (χ3n) is 6.65. The number of rotatable bonds is 6. The maximum absolute atomic E-state index is 13.3. The van der Waals surface area contributed by atoms with Gasteiger partial charge in [-0.1, -0.05) is 25.1 Å². The number of hydrogen-bond acceptors (Lipinski definition) is 8. The molecule has 0 unspecified atom stereocenters. The molecule has 10 heteroatoms. The first-order valence-corrected chi connectivity index (χ1v) is 13.3. The molecule has 1 N–H and O–H groups in total. The Balaban J connectivity index is 1.46. The third kappa shape index (κ3) is 4.90. The third-order valence-corrected chi connectivity index (χ3v) is 7.90. The van der Waals surface area contributed by atoms with Crippen molar-refractivity contribution in [2.45, 2.75) is 30.2 Å². The number of methoxy groups -OCH3 is 1. The quantitative estimate of drug-likeness (QED) is 0.408. The molecule has 0 saturated carbocycles. The van der Waals surface area contributed by atoms with Crippen molar-refractivity contribution in [2.75, 3.05) is 20.3 Å². The highest BCUT2D eigenvalue weighted by Gasteiger charge is 2.34. The van der Waals surface area contributed by atoms with Gasteiger partial charge in [0.1, 0.15) is 5.69 Å². The predicted molar refractivity (Wildman–Crippen MR) is 138 cm³/mol. The number of carbonyl (C=O) groups is 1. The second-order valence-electron chi connectivity index (χ2n) is 9.10. The fourth-order valence-electron chi connectivity index (χ4n) is 4.44. The smallest absolute Gasteiger partial charge is 0.285 e. The van der Waals surface area contributed by atoms with Gasteiger partial charge < -0.3 is 9.47 Å². The van der Waals surface area contributed by atoms with Gasteiger partial charge in [-0.05, 0) is 55.3 Å². The highest BCUT2D eigenvalue weighted by molar-refractivity contribution is 7.90. The van der Waals surface area contributed by atoms with E-state index in [1.807, 2.05) is 37.3 Å². The van der Waals surface area contributed by atoms with E-state index in [9.17, 15) is 13.2 Å². The van der Waals surface area contributed by atoms with Crippen LogP contribution in [0, 0.1) is 0 Å². The standard InChI is InChI=1S/C27H26N4O5S/c1-27(13-16-36-17-14-27)24-12-11-23(35-2)26(30-24)37(33,34)31-25(32)22-10-9-19-18(6-5-8-21(19)29-22)20-7-3-4-15-28-20/h3-12,15H,13-14,16-17H2,1-2H3,(H,31,32). The molecule has 3 aromatic heterocycles. The summed E-state index contributed by atoms with van der Waals surface area (Å²) in [7, 11) is -3.00. The largest absolute Gasteiger partial charge is 0.494 e. The summed E-state index contributed by atoms with van der Waals surface area (Å²) in [5.41, 5.74) is 2.39. The van der Waals surface area contributed by atoms with E-state index in [4.69, 9.17) is 9.47 Å². The van der Waals surface area contributed by atoms with Crippen LogP contribution in [0.2, 0.25) is 0 Å². The highest BCUT2D eigenvalue weighted by Crippen LogP contribution is 2.35. The van der Waals surface area contributed by atoms with Crippen molar-refractivity contribution in [2.24, 2.45) is 0 Å². The van der Waals surface area contributed by atoms with Crippen molar-refractivity contribution in [1.82, 2.24) is 19.7 Å². The predicted octanol–water partition coefficient (Wildman–Crippen LogP) is 3.89. The lowest BCUT2D eigenvalue weighted by Gasteiger charge is -2.33. The number of nitrogens with one attached hydrogen (secondary N) is 1. The Labute approximate surface area is 214 Å². The topological polar surface area (TPSA) is 120 Å². The number of benzene rings is 1. The minimum atomic E-state index is -4.36. The van der Waals surface area contributed by atoms with Crippen LogP contribution < -0.4 is 9.46 Å². The van der Waals surface area contributed by atoms with Crippen LogP contribution in [-0.4, -0.2) is 49.6 Å². The monoisotopic (exact) mass is 518 g/mol. The zero-order valence-electron chi connectivity index (χ0n) is 20.5. The summed E-state index contributed by atoms with van der Waals surface area (Å²) in [4.78, 5) is 26.3. The molecule has 5 rings (SSSR count). The summed E-state index contributed by atoms with van der Waals surface area (Å²) in [6, 6.07) is 17.6. The number of nitrogens with zero attached hydrogens (tertiary/aromatic N) is 3. The summed E-state index contributed by atoms with van der Waals surface area (Å²) in [5.74, 6) is -0.817. The lowest BCUT2D eigenvalue weighted by Crippen LogP contribution is -2.34. The molecule has 0 bridgehead atoms. The normalized spacial score (nSPS) is 15.3. The van der Waals surface area contributed by atoms with Gasteiger partial charge in [-0.15, -0.1) is 0 Å². The summed E-state index contributed by atoms with van der Waals surface area (Å²) >= 11 is 0. The van der Waals surface area contributed by atoms with Gasteiger partial charge in [0.2, 0.25) is 5.03 Å². The highest BCUT2D eigenvalue weighted by atomic mass is 32.2. The van der Waals surface area contributed by atoms with E-state index in [1.54, 1.807) is 30.5 Å². The Kier molecular flexibility index (Phi) is 6.61. The van der Waals surface area contributed by atoms with Gasteiger partial charge in [-0.25, -0.2) is 14.7 Å². The van der Waals surface area contributed by atoms with Gasteiger partial charge in [-0.2, -0.15) is 8.42 Å². The lowest BCUT2D eigenvalue weighted by molar-refractivity contribution is 0.0548. The number of amides is 1. The molecule has 1 aliphatic rings. The van der Waals surface area contributed by atoms with Crippen molar-refractivity contribution in [3.05, 3.63) is 78.2 Å². The molecule has 0 atom stereocenters. The zero-order chi connectivity index (χ0) is 26.0. The van der Waals surface area contributed by atoms with Crippen LogP contribution in [0.3, 0.4) is 0 Å². The van der Waals surface area contributed by atoms with Crippen LogP contribution in [-0.2, 0) is 20.2 Å². The van der Waals surface area contributed by atoms with Gasteiger partial charge in [0, 0.05) is 41.5 Å². The molecule has 1 aliphatic heterocycles. The van der Waals surface area contributed by atoms with Crippen LogP contribution in [0.5, 0.6) is 5.75 Å². The van der Waals surface area contributed by atoms with Crippen LogP contribution >= 0.6 is 0 Å².